The van der Waals surface area contributed by atoms with Gasteiger partial charge in [0, 0.05) is 13.1 Å². The standard InChI is InChI=1S/C12H13BrClFN2O2/c1-6-3-17(4-7(2)19-6)11-8(5-18)16-12(13)10(15)9(11)14/h5-7H,3-4H2,1-2H3/t6-,7-/m1/s1. The average Bonchev–Trinajstić information content (AvgIpc) is 2.34. The fourth-order valence-electron chi connectivity index (χ4n) is 2.26. The Morgan fingerprint density at radius 1 is 1.47 bits per heavy atom. The molecule has 104 valence electrons. The monoisotopic (exact) mass is 350 g/mol. The van der Waals surface area contributed by atoms with Crippen molar-refractivity contribution in [3.63, 3.8) is 0 Å². The molecule has 4 nitrogen and oxygen atoms in total. The molecule has 2 heterocycles. The third kappa shape index (κ3) is 2.90. The van der Waals surface area contributed by atoms with Gasteiger partial charge in [-0.15, -0.1) is 0 Å². The highest BCUT2D eigenvalue weighted by molar-refractivity contribution is 9.10. The number of halogens is 3. The molecule has 0 radical (unpaired) electrons. The van der Waals surface area contributed by atoms with Crippen LogP contribution in [0.2, 0.25) is 5.02 Å². The molecule has 1 aromatic rings. The Kier molecular flexibility index (Phi) is 4.43. The van der Waals surface area contributed by atoms with Gasteiger partial charge in [-0.3, -0.25) is 4.79 Å². The van der Waals surface area contributed by atoms with Gasteiger partial charge in [-0.1, -0.05) is 11.6 Å². The number of hydrogen-bond donors (Lipinski definition) is 0. The molecule has 0 aliphatic carbocycles. The molecule has 0 N–H and O–H groups in total. The summed E-state index contributed by atoms with van der Waals surface area (Å²) < 4.78 is 19.4. The number of nitrogens with zero attached hydrogens (tertiary/aromatic N) is 2. The van der Waals surface area contributed by atoms with E-state index >= 15 is 0 Å². The Morgan fingerprint density at radius 2 is 2.05 bits per heavy atom. The number of ether oxygens (including phenoxy) is 1. The Labute approximate surface area is 124 Å². The van der Waals surface area contributed by atoms with E-state index in [1.165, 1.54) is 0 Å². The highest BCUT2D eigenvalue weighted by Gasteiger charge is 2.28. The molecule has 1 aromatic heterocycles. The van der Waals surface area contributed by atoms with Crippen LogP contribution in [0.25, 0.3) is 0 Å². The van der Waals surface area contributed by atoms with Gasteiger partial charge in [0.1, 0.15) is 15.3 Å². The summed E-state index contributed by atoms with van der Waals surface area (Å²) in [5, 5.41) is -0.0923. The number of carbonyl (C=O) groups excluding carboxylic acids is 1. The zero-order valence-corrected chi connectivity index (χ0v) is 12.8. The summed E-state index contributed by atoms with van der Waals surface area (Å²) >= 11 is 8.97. The molecule has 2 atom stereocenters. The molecule has 0 spiro atoms. The van der Waals surface area contributed by atoms with E-state index < -0.39 is 5.82 Å². The van der Waals surface area contributed by atoms with Gasteiger partial charge in [-0.25, -0.2) is 9.37 Å². The third-order valence-electron chi connectivity index (χ3n) is 2.89. The second-order valence-electron chi connectivity index (χ2n) is 4.54. The molecule has 1 fully saturated rings. The smallest absolute Gasteiger partial charge is 0.176 e. The van der Waals surface area contributed by atoms with Crippen LogP contribution >= 0.6 is 27.5 Å². The van der Waals surface area contributed by atoms with Gasteiger partial charge in [-0.05, 0) is 29.8 Å². The van der Waals surface area contributed by atoms with Gasteiger partial charge in [0.25, 0.3) is 0 Å². The number of hydrogen-bond acceptors (Lipinski definition) is 4. The lowest BCUT2D eigenvalue weighted by atomic mass is 10.2. The molecule has 0 amide bonds. The summed E-state index contributed by atoms with van der Waals surface area (Å²) in [7, 11) is 0. The molecule has 19 heavy (non-hydrogen) atoms. The van der Waals surface area contributed by atoms with Crippen molar-refractivity contribution in [2.24, 2.45) is 0 Å². The van der Waals surface area contributed by atoms with Crippen molar-refractivity contribution in [2.45, 2.75) is 26.1 Å². The van der Waals surface area contributed by atoms with Crippen LogP contribution in [0.3, 0.4) is 0 Å². The molecule has 2 rings (SSSR count). The summed E-state index contributed by atoms with van der Waals surface area (Å²) in [6.45, 7) is 4.90. The minimum Gasteiger partial charge on any atom is -0.372 e. The largest absolute Gasteiger partial charge is 0.372 e. The van der Waals surface area contributed by atoms with E-state index in [1.807, 2.05) is 18.7 Å². The normalized spacial score (nSPS) is 23.5. The maximum atomic E-state index is 13.8. The van der Waals surface area contributed by atoms with Gasteiger partial charge in [0.05, 0.1) is 17.9 Å². The van der Waals surface area contributed by atoms with Crippen LogP contribution in [0.15, 0.2) is 4.60 Å². The Bertz CT molecular complexity index is 505. The second-order valence-corrected chi connectivity index (χ2v) is 5.67. The van der Waals surface area contributed by atoms with Crippen molar-refractivity contribution < 1.29 is 13.9 Å². The van der Waals surface area contributed by atoms with Crippen LogP contribution in [0.1, 0.15) is 24.3 Å². The number of rotatable bonds is 2. The molecular weight excluding hydrogens is 338 g/mol. The van der Waals surface area contributed by atoms with Crippen LogP contribution in [0, 0.1) is 5.82 Å². The molecule has 0 bridgehead atoms. The first-order valence-corrected chi connectivity index (χ1v) is 7.01. The summed E-state index contributed by atoms with van der Waals surface area (Å²) in [6.07, 6.45) is 0.535. The number of morpholine rings is 1. The zero-order chi connectivity index (χ0) is 14.2. The summed E-state index contributed by atoms with van der Waals surface area (Å²) in [6, 6.07) is 0. The first kappa shape index (κ1) is 14.7. The van der Waals surface area contributed by atoms with Gasteiger partial charge in [-0.2, -0.15) is 0 Å². The molecule has 0 saturated carbocycles. The lowest BCUT2D eigenvalue weighted by molar-refractivity contribution is -0.00528. The van der Waals surface area contributed by atoms with Gasteiger partial charge >= 0.3 is 0 Å². The number of carbonyl (C=O) groups is 1. The van der Waals surface area contributed by atoms with Crippen LogP contribution in [-0.4, -0.2) is 36.6 Å². The average molecular weight is 352 g/mol. The fourth-order valence-corrected chi connectivity index (χ4v) is 3.07. The first-order valence-electron chi connectivity index (χ1n) is 5.84. The zero-order valence-electron chi connectivity index (χ0n) is 10.5. The van der Waals surface area contributed by atoms with E-state index in [2.05, 4.69) is 20.9 Å². The molecule has 0 unspecified atom stereocenters. The van der Waals surface area contributed by atoms with Crippen molar-refractivity contribution in [1.82, 2.24) is 4.98 Å². The number of aromatic nitrogens is 1. The van der Waals surface area contributed by atoms with E-state index in [9.17, 15) is 9.18 Å². The maximum Gasteiger partial charge on any atom is 0.176 e. The SMILES string of the molecule is C[C@@H]1CN(c2c(C=O)nc(Br)c(F)c2Cl)C[C@@H](C)O1. The molecule has 7 heteroatoms. The van der Waals surface area contributed by atoms with Crippen molar-refractivity contribution in [2.75, 3.05) is 18.0 Å². The summed E-state index contributed by atoms with van der Waals surface area (Å²) in [4.78, 5) is 16.9. The predicted octanol–water partition coefficient (Wildman–Crippen LogP) is 3.06. The van der Waals surface area contributed by atoms with Crippen molar-refractivity contribution >= 4 is 39.5 Å². The lowest BCUT2D eigenvalue weighted by Gasteiger charge is -2.37. The Balaban J connectivity index is 2.48. The van der Waals surface area contributed by atoms with Gasteiger partial charge in [0.15, 0.2) is 12.1 Å². The van der Waals surface area contributed by atoms with E-state index in [1.54, 1.807) is 0 Å². The van der Waals surface area contributed by atoms with Crippen LogP contribution in [-0.2, 0) is 4.74 Å². The second kappa shape index (κ2) is 5.73. The van der Waals surface area contributed by atoms with Gasteiger partial charge in [0.2, 0.25) is 0 Å². The molecule has 1 aliphatic rings. The van der Waals surface area contributed by atoms with Crippen molar-refractivity contribution in [3.05, 3.63) is 21.1 Å². The summed E-state index contributed by atoms with van der Waals surface area (Å²) in [5.74, 6) is -0.658. The Hall–Kier alpha value is -0.720. The molecule has 1 saturated heterocycles. The van der Waals surface area contributed by atoms with Crippen molar-refractivity contribution in [3.8, 4) is 0 Å². The van der Waals surface area contributed by atoms with E-state index in [0.29, 0.717) is 25.1 Å². The van der Waals surface area contributed by atoms with Crippen LogP contribution in [0.5, 0.6) is 0 Å². The van der Waals surface area contributed by atoms with Crippen molar-refractivity contribution in [1.29, 1.82) is 0 Å². The fraction of sp³-hybridized carbons (Fsp3) is 0.500. The Morgan fingerprint density at radius 3 is 2.58 bits per heavy atom. The van der Waals surface area contributed by atoms with Gasteiger partial charge < -0.3 is 9.64 Å². The van der Waals surface area contributed by atoms with E-state index in [4.69, 9.17) is 16.3 Å². The number of pyridine rings is 1. The minimum atomic E-state index is -0.658. The number of aldehydes is 1. The lowest BCUT2D eigenvalue weighted by Crippen LogP contribution is -2.46. The molecular formula is C12H13BrClFN2O2. The topological polar surface area (TPSA) is 42.4 Å². The third-order valence-corrected chi connectivity index (χ3v) is 3.76. The summed E-state index contributed by atoms with van der Waals surface area (Å²) in [5.41, 5.74) is 0.457. The van der Waals surface area contributed by atoms with E-state index in [0.717, 1.165) is 0 Å². The van der Waals surface area contributed by atoms with Crippen LogP contribution < -0.4 is 4.90 Å². The minimum absolute atomic E-state index is 0.0222. The highest BCUT2D eigenvalue weighted by atomic mass is 79.9. The highest BCUT2D eigenvalue weighted by Crippen LogP contribution is 2.35. The predicted molar refractivity (Wildman–Crippen MR) is 74.5 cm³/mol. The first-order chi connectivity index (χ1) is 8.93. The number of anilines is 1. The molecule has 1 aliphatic heterocycles. The molecule has 0 aromatic carbocycles. The van der Waals surface area contributed by atoms with Crippen LogP contribution in [0.4, 0.5) is 10.1 Å². The quantitative estimate of drug-likeness (QED) is 0.607. The van der Waals surface area contributed by atoms with E-state index in [-0.39, 0.29) is 27.5 Å². The maximum absolute atomic E-state index is 13.8.